The predicted octanol–water partition coefficient (Wildman–Crippen LogP) is 4.52. The number of fused-ring (bicyclic) bond motifs is 1. The molecule has 26 heavy (non-hydrogen) atoms. The Morgan fingerprint density at radius 1 is 1.15 bits per heavy atom. The zero-order valence-electron chi connectivity index (χ0n) is 14.1. The first-order valence-electron chi connectivity index (χ1n) is 8.71. The Kier molecular flexibility index (Phi) is 4.87. The van der Waals surface area contributed by atoms with E-state index in [-0.39, 0.29) is 6.54 Å². The molecular formula is C19H19ClF2N4. The summed E-state index contributed by atoms with van der Waals surface area (Å²) < 4.78 is 26.3. The van der Waals surface area contributed by atoms with Crippen LogP contribution in [-0.4, -0.2) is 28.0 Å². The zero-order chi connectivity index (χ0) is 18.1. The van der Waals surface area contributed by atoms with Crippen LogP contribution in [0.5, 0.6) is 0 Å². The highest BCUT2D eigenvalue weighted by molar-refractivity contribution is 6.37. The molecular weight excluding hydrogens is 358 g/mol. The smallest absolute Gasteiger partial charge is 0.250 e. The van der Waals surface area contributed by atoms with E-state index in [0.717, 1.165) is 28.8 Å². The van der Waals surface area contributed by atoms with Crippen molar-refractivity contribution in [1.82, 2.24) is 20.3 Å². The van der Waals surface area contributed by atoms with Gasteiger partial charge in [-0.25, -0.2) is 13.5 Å². The van der Waals surface area contributed by atoms with E-state index in [9.17, 15) is 8.78 Å². The molecule has 0 aliphatic heterocycles. The molecule has 2 aromatic carbocycles. The van der Waals surface area contributed by atoms with Crippen molar-refractivity contribution in [1.29, 1.82) is 0 Å². The Morgan fingerprint density at radius 2 is 1.92 bits per heavy atom. The van der Waals surface area contributed by atoms with Gasteiger partial charge in [-0.05, 0) is 36.0 Å². The minimum Gasteiger partial charge on any atom is -0.307 e. The van der Waals surface area contributed by atoms with Gasteiger partial charge in [-0.1, -0.05) is 47.1 Å². The monoisotopic (exact) mass is 376 g/mol. The third-order valence-electron chi connectivity index (χ3n) is 4.65. The topological polar surface area (TPSA) is 42.7 Å². The first-order chi connectivity index (χ1) is 12.6. The fourth-order valence-electron chi connectivity index (χ4n) is 3.04. The molecule has 7 heteroatoms. The summed E-state index contributed by atoms with van der Waals surface area (Å²) in [5.74, 6) is 0.713. The molecule has 1 aliphatic rings. The van der Waals surface area contributed by atoms with Crippen molar-refractivity contribution >= 4 is 22.6 Å². The fraction of sp³-hybridized carbons (Fsp3) is 0.368. The summed E-state index contributed by atoms with van der Waals surface area (Å²) in [5, 5.41) is 11.8. The number of hydrogen-bond acceptors (Lipinski definition) is 3. The lowest BCUT2D eigenvalue weighted by Gasteiger charge is -2.08. The lowest BCUT2D eigenvalue weighted by atomic mass is 10.0. The number of nitrogens with zero attached hydrogens (tertiary/aromatic N) is 3. The van der Waals surface area contributed by atoms with E-state index in [1.165, 1.54) is 12.8 Å². The lowest BCUT2D eigenvalue weighted by molar-refractivity contribution is 0.145. The van der Waals surface area contributed by atoms with Crippen LogP contribution in [0.2, 0.25) is 5.02 Å². The summed E-state index contributed by atoms with van der Waals surface area (Å²) in [6, 6.07) is 11.7. The van der Waals surface area contributed by atoms with E-state index in [0.29, 0.717) is 23.0 Å². The normalized spacial score (nSPS) is 14.5. The predicted molar refractivity (Wildman–Crippen MR) is 98.4 cm³/mol. The maximum Gasteiger partial charge on any atom is 0.250 e. The molecule has 1 N–H and O–H groups in total. The molecule has 0 spiro atoms. The highest BCUT2D eigenvalue weighted by Crippen LogP contribution is 2.35. The largest absolute Gasteiger partial charge is 0.307 e. The summed E-state index contributed by atoms with van der Waals surface area (Å²) in [6.07, 6.45) is 0.172. The van der Waals surface area contributed by atoms with Gasteiger partial charge in [0.1, 0.15) is 5.52 Å². The van der Waals surface area contributed by atoms with Gasteiger partial charge in [0.25, 0.3) is 6.43 Å². The van der Waals surface area contributed by atoms with E-state index < -0.39 is 6.43 Å². The van der Waals surface area contributed by atoms with E-state index in [4.69, 9.17) is 11.6 Å². The summed E-state index contributed by atoms with van der Waals surface area (Å²) in [4.78, 5) is 0. The van der Waals surface area contributed by atoms with Gasteiger partial charge in [-0.2, -0.15) is 0 Å². The highest BCUT2D eigenvalue weighted by Gasteiger charge is 2.23. The first-order valence-corrected chi connectivity index (χ1v) is 9.09. The number of rotatable bonds is 7. The minimum atomic E-state index is -2.34. The van der Waals surface area contributed by atoms with Gasteiger partial charge in [0.05, 0.1) is 17.1 Å². The number of benzene rings is 2. The Hall–Kier alpha value is -2.05. The molecule has 4 rings (SSSR count). The number of halogens is 3. The van der Waals surface area contributed by atoms with Crippen LogP contribution in [0.1, 0.15) is 18.4 Å². The third-order valence-corrected chi connectivity index (χ3v) is 5.03. The van der Waals surface area contributed by atoms with E-state index >= 15 is 0 Å². The van der Waals surface area contributed by atoms with Crippen LogP contribution in [0, 0.1) is 5.92 Å². The average molecular weight is 377 g/mol. The first kappa shape index (κ1) is 17.4. The average Bonchev–Trinajstić information content (AvgIpc) is 3.35. The van der Waals surface area contributed by atoms with Gasteiger partial charge >= 0.3 is 0 Å². The standard InChI is InChI=1S/C19H19ClF2N4/c20-18-15(14-5-3-12(4-6-14)9-23-10-17(21)22)7-8-16-19(18)24-25-26(16)11-13-1-2-13/h3-8,13,17,23H,1-2,9-11H2. The molecule has 0 radical (unpaired) electrons. The van der Waals surface area contributed by atoms with Crippen molar-refractivity contribution in [2.24, 2.45) is 5.92 Å². The van der Waals surface area contributed by atoms with E-state index in [1.807, 2.05) is 41.1 Å². The molecule has 1 heterocycles. The van der Waals surface area contributed by atoms with Gasteiger partial charge in [0.2, 0.25) is 0 Å². The second kappa shape index (κ2) is 7.29. The number of nitrogens with one attached hydrogen (secondary N) is 1. The highest BCUT2D eigenvalue weighted by atomic mass is 35.5. The lowest BCUT2D eigenvalue weighted by Crippen LogP contribution is -2.20. The Labute approximate surface area is 155 Å². The maximum atomic E-state index is 12.2. The third kappa shape index (κ3) is 3.71. The van der Waals surface area contributed by atoms with Crippen molar-refractivity contribution in [3.63, 3.8) is 0 Å². The molecule has 0 bridgehead atoms. The van der Waals surface area contributed by atoms with Crippen LogP contribution in [0.25, 0.3) is 22.2 Å². The molecule has 136 valence electrons. The van der Waals surface area contributed by atoms with Crippen molar-refractivity contribution < 1.29 is 8.78 Å². The second-order valence-electron chi connectivity index (χ2n) is 6.73. The van der Waals surface area contributed by atoms with Gasteiger partial charge < -0.3 is 5.32 Å². The molecule has 1 aliphatic carbocycles. The maximum absolute atomic E-state index is 12.2. The van der Waals surface area contributed by atoms with Crippen LogP contribution in [0.3, 0.4) is 0 Å². The van der Waals surface area contributed by atoms with Crippen molar-refractivity contribution in [2.45, 2.75) is 32.4 Å². The van der Waals surface area contributed by atoms with Gasteiger partial charge in [0, 0.05) is 18.7 Å². The number of alkyl halides is 2. The molecule has 1 fully saturated rings. The van der Waals surface area contributed by atoms with Crippen molar-refractivity contribution in [2.75, 3.05) is 6.54 Å². The molecule has 0 atom stereocenters. The fourth-order valence-corrected chi connectivity index (χ4v) is 3.34. The Bertz CT molecular complexity index is 904. The van der Waals surface area contributed by atoms with Crippen LogP contribution in [0.4, 0.5) is 8.78 Å². The molecule has 0 saturated heterocycles. The Balaban J connectivity index is 1.55. The summed E-state index contributed by atoms with van der Waals surface area (Å²) in [7, 11) is 0. The number of aromatic nitrogens is 3. The van der Waals surface area contributed by atoms with Gasteiger partial charge in [-0.3, -0.25) is 0 Å². The van der Waals surface area contributed by atoms with Crippen LogP contribution < -0.4 is 5.32 Å². The molecule has 4 nitrogen and oxygen atoms in total. The molecule has 1 saturated carbocycles. The minimum absolute atomic E-state index is 0.305. The van der Waals surface area contributed by atoms with Crippen molar-refractivity contribution in [3.8, 4) is 11.1 Å². The summed E-state index contributed by atoms with van der Waals surface area (Å²) >= 11 is 6.59. The van der Waals surface area contributed by atoms with Crippen LogP contribution in [0.15, 0.2) is 36.4 Å². The Morgan fingerprint density at radius 3 is 2.62 bits per heavy atom. The molecule has 0 amide bonds. The SMILES string of the molecule is FC(F)CNCc1ccc(-c2ccc3c(nnn3CC3CC3)c2Cl)cc1. The molecule has 3 aromatic rings. The molecule has 0 unspecified atom stereocenters. The zero-order valence-corrected chi connectivity index (χ0v) is 14.9. The van der Waals surface area contributed by atoms with Crippen LogP contribution in [-0.2, 0) is 13.1 Å². The van der Waals surface area contributed by atoms with Gasteiger partial charge in [0.15, 0.2) is 0 Å². The second-order valence-corrected chi connectivity index (χ2v) is 7.11. The van der Waals surface area contributed by atoms with E-state index in [1.54, 1.807) is 0 Å². The van der Waals surface area contributed by atoms with Gasteiger partial charge in [-0.15, -0.1) is 5.10 Å². The summed E-state index contributed by atoms with van der Waals surface area (Å²) in [6.45, 7) is 1.00. The van der Waals surface area contributed by atoms with Crippen LogP contribution >= 0.6 is 11.6 Å². The van der Waals surface area contributed by atoms with Crippen molar-refractivity contribution in [3.05, 3.63) is 47.0 Å². The molecule has 1 aromatic heterocycles. The summed E-state index contributed by atoms with van der Waals surface area (Å²) in [5.41, 5.74) is 4.48. The quantitative estimate of drug-likeness (QED) is 0.659. The number of hydrogen-bond donors (Lipinski definition) is 1. The van der Waals surface area contributed by atoms with E-state index in [2.05, 4.69) is 15.6 Å².